The van der Waals surface area contributed by atoms with Crippen molar-refractivity contribution < 1.29 is 9.18 Å². The van der Waals surface area contributed by atoms with Crippen molar-refractivity contribution >= 4 is 40.6 Å². The van der Waals surface area contributed by atoms with Gasteiger partial charge in [0.05, 0.1) is 0 Å². The van der Waals surface area contributed by atoms with Crippen molar-refractivity contribution in [3.05, 3.63) is 35.1 Å². The van der Waals surface area contributed by atoms with Crippen molar-refractivity contribution in [2.45, 2.75) is 10.7 Å². The first-order valence-electron chi connectivity index (χ1n) is 3.70. The summed E-state index contributed by atoms with van der Waals surface area (Å²) in [6.45, 7) is 1.58. The fourth-order valence-corrected chi connectivity index (χ4v) is 1.34. The van der Waals surface area contributed by atoms with Crippen LogP contribution in [0.25, 0.3) is 0 Å². The Hall–Kier alpha value is -0.310. The van der Waals surface area contributed by atoms with Gasteiger partial charge in [-0.05, 0) is 30.7 Å². The summed E-state index contributed by atoms with van der Waals surface area (Å²) in [7, 11) is 0. The number of aryl methyl sites for hydroxylation is 1. The van der Waals surface area contributed by atoms with Crippen molar-refractivity contribution in [1.29, 1.82) is 0 Å². The van der Waals surface area contributed by atoms with E-state index in [1.54, 1.807) is 6.92 Å². The highest BCUT2D eigenvalue weighted by atomic mass is 35.6. The molecule has 14 heavy (non-hydrogen) atoms. The Morgan fingerprint density at radius 2 is 1.93 bits per heavy atom. The van der Waals surface area contributed by atoms with Crippen LogP contribution in [-0.2, 0) is 0 Å². The molecule has 76 valence electrons. The number of carbonyl (C=O) groups excluding carboxylic acids is 1. The summed E-state index contributed by atoms with van der Waals surface area (Å²) in [6, 6.07) is 3.66. The second-order valence-electron chi connectivity index (χ2n) is 2.79. The van der Waals surface area contributed by atoms with Gasteiger partial charge in [0.15, 0.2) is 0 Å². The van der Waals surface area contributed by atoms with E-state index in [4.69, 9.17) is 34.8 Å². The number of carbonyl (C=O) groups is 1. The summed E-state index contributed by atoms with van der Waals surface area (Å²) in [6.07, 6.45) is 0. The lowest BCUT2D eigenvalue weighted by Gasteiger charge is -2.11. The zero-order valence-electron chi connectivity index (χ0n) is 7.15. The summed E-state index contributed by atoms with van der Waals surface area (Å²) in [5.41, 5.74) is 0.660. The van der Waals surface area contributed by atoms with Crippen LogP contribution < -0.4 is 0 Å². The van der Waals surface area contributed by atoms with E-state index in [1.165, 1.54) is 12.1 Å². The van der Waals surface area contributed by atoms with Gasteiger partial charge >= 0.3 is 0 Å². The molecule has 0 aliphatic heterocycles. The molecule has 0 fully saturated rings. The summed E-state index contributed by atoms with van der Waals surface area (Å²) in [5.74, 6) is -1.08. The third kappa shape index (κ3) is 2.59. The smallest absolute Gasteiger partial charge is 0.253 e. The molecule has 0 atom stereocenters. The molecule has 0 amide bonds. The molecule has 0 aliphatic rings. The molecule has 1 aromatic carbocycles. The van der Waals surface area contributed by atoms with Crippen LogP contribution in [-0.4, -0.2) is 9.58 Å². The normalized spacial score (nSPS) is 11.5. The Bertz CT molecular complexity index is 371. The predicted octanol–water partition coefficient (Wildman–Crippen LogP) is 3.69. The fraction of sp³-hybridized carbons (Fsp3) is 0.222. The Labute approximate surface area is 95.8 Å². The summed E-state index contributed by atoms with van der Waals surface area (Å²) in [4.78, 5) is 11.5. The van der Waals surface area contributed by atoms with Gasteiger partial charge in [0, 0.05) is 5.56 Å². The highest BCUT2D eigenvalue weighted by Crippen LogP contribution is 2.31. The quantitative estimate of drug-likeness (QED) is 0.552. The van der Waals surface area contributed by atoms with Crippen LogP contribution in [0.2, 0.25) is 0 Å². The largest absolute Gasteiger partial charge is 0.289 e. The van der Waals surface area contributed by atoms with Crippen LogP contribution in [0.15, 0.2) is 18.2 Å². The van der Waals surface area contributed by atoms with E-state index in [2.05, 4.69) is 0 Å². The second-order valence-corrected chi connectivity index (χ2v) is 5.07. The van der Waals surface area contributed by atoms with Crippen molar-refractivity contribution in [3.8, 4) is 0 Å². The van der Waals surface area contributed by atoms with E-state index in [0.29, 0.717) is 5.56 Å². The minimum atomic E-state index is -2.00. The molecule has 1 rings (SSSR count). The van der Waals surface area contributed by atoms with E-state index in [-0.39, 0.29) is 5.56 Å². The standard InChI is InChI=1S/C9H6Cl3FO/c1-5-4-6(13)2-3-7(5)8(14)9(10,11)12/h2-4H,1H3. The molecule has 1 nitrogen and oxygen atoms in total. The third-order valence-electron chi connectivity index (χ3n) is 1.69. The summed E-state index contributed by atoms with van der Waals surface area (Å²) < 4.78 is 10.7. The van der Waals surface area contributed by atoms with E-state index in [9.17, 15) is 9.18 Å². The van der Waals surface area contributed by atoms with Crippen LogP contribution in [0.5, 0.6) is 0 Å². The lowest BCUT2D eigenvalue weighted by molar-refractivity contribution is 0.0996. The average molecular weight is 256 g/mol. The molecular formula is C9H6Cl3FO. The number of halogens is 4. The third-order valence-corrected chi connectivity index (χ3v) is 2.21. The monoisotopic (exact) mass is 254 g/mol. The molecule has 0 aliphatic carbocycles. The van der Waals surface area contributed by atoms with Gasteiger partial charge in [0.1, 0.15) is 5.82 Å². The van der Waals surface area contributed by atoms with Gasteiger partial charge < -0.3 is 0 Å². The summed E-state index contributed by atoms with van der Waals surface area (Å²) >= 11 is 16.3. The zero-order valence-corrected chi connectivity index (χ0v) is 9.42. The van der Waals surface area contributed by atoms with Crippen molar-refractivity contribution in [2.24, 2.45) is 0 Å². The van der Waals surface area contributed by atoms with Crippen LogP contribution in [0, 0.1) is 12.7 Å². The molecule has 0 bridgehead atoms. The van der Waals surface area contributed by atoms with Gasteiger partial charge in [0.25, 0.3) is 3.79 Å². The highest BCUT2D eigenvalue weighted by molar-refractivity contribution is 6.77. The lowest BCUT2D eigenvalue weighted by Crippen LogP contribution is -2.19. The molecule has 0 saturated heterocycles. The van der Waals surface area contributed by atoms with E-state index >= 15 is 0 Å². The average Bonchev–Trinajstić information content (AvgIpc) is 2.01. The van der Waals surface area contributed by atoms with Gasteiger partial charge in [0.2, 0.25) is 5.78 Å². The maximum atomic E-state index is 12.7. The van der Waals surface area contributed by atoms with Crippen LogP contribution in [0.4, 0.5) is 4.39 Å². The number of hydrogen-bond acceptors (Lipinski definition) is 1. The second kappa shape index (κ2) is 4.05. The Morgan fingerprint density at radius 3 is 2.36 bits per heavy atom. The molecule has 1 aromatic rings. The first-order valence-corrected chi connectivity index (χ1v) is 4.83. The minimum Gasteiger partial charge on any atom is -0.289 e. The van der Waals surface area contributed by atoms with Crippen molar-refractivity contribution in [1.82, 2.24) is 0 Å². The Kier molecular flexibility index (Phi) is 3.40. The molecule has 0 aromatic heterocycles. The maximum Gasteiger partial charge on any atom is 0.253 e. The molecule has 0 saturated carbocycles. The molecule has 0 heterocycles. The predicted molar refractivity (Wildman–Crippen MR) is 55.8 cm³/mol. The molecular weight excluding hydrogens is 249 g/mol. The summed E-state index contributed by atoms with van der Waals surface area (Å²) in [5, 5.41) is 0. The molecule has 5 heteroatoms. The zero-order chi connectivity index (χ0) is 10.9. The van der Waals surface area contributed by atoms with Gasteiger partial charge in [-0.15, -0.1) is 0 Å². The topological polar surface area (TPSA) is 17.1 Å². The van der Waals surface area contributed by atoms with Crippen LogP contribution in [0.1, 0.15) is 15.9 Å². The molecule has 0 unspecified atom stereocenters. The molecule has 0 N–H and O–H groups in total. The molecule has 0 radical (unpaired) electrons. The van der Waals surface area contributed by atoms with Crippen molar-refractivity contribution in [3.63, 3.8) is 0 Å². The lowest BCUT2D eigenvalue weighted by atomic mass is 10.1. The number of benzene rings is 1. The van der Waals surface area contributed by atoms with Gasteiger partial charge in [-0.1, -0.05) is 34.8 Å². The number of Topliss-reactive ketones (excluding diaryl/α,β-unsaturated/α-hetero) is 1. The van der Waals surface area contributed by atoms with Gasteiger partial charge in [-0.2, -0.15) is 0 Å². The molecule has 0 spiro atoms. The highest BCUT2D eigenvalue weighted by Gasteiger charge is 2.32. The van der Waals surface area contributed by atoms with Crippen molar-refractivity contribution in [2.75, 3.05) is 0 Å². The van der Waals surface area contributed by atoms with E-state index in [0.717, 1.165) is 6.07 Å². The number of ketones is 1. The Morgan fingerprint density at radius 1 is 1.36 bits per heavy atom. The SMILES string of the molecule is Cc1cc(F)ccc1C(=O)C(Cl)(Cl)Cl. The van der Waals surface area contributed by atoms with Gasteiger partial charge in [-0.3, -0.25) is 4.79 Å². The number of hydrogen-bond donors (Lipinski definition) is 0. The number of rotatable bonds is 1. The maximum absolute atomic E-state index is 12.7. The first kappa shape index (κ1) is 11.8. The fourth-order valence-electron chi connectivity index (χ4n) is 1.03. The minimum absolute atomic E-state index is 0.214. The van der Waals surface area contributed by atoms with Crippen LogP contribution in [0.3, 0.4) is 0 Å². The first-order chi connectivity index (χ1) is 6.32. The van der Waals surface area contributed by atoms with E-state index < -0.39 is 15.4 Å². The van der Waals surface area contributed by atoms with Crippen LogP contribution >= 0.6 is 34.8 Å². The number of alkyl halides is 3. The Balaban J connectivity index is 3.15. The van der Waals surface area contributed by atoms with E-state index in [1.807, 2.05) is 0 Å². The van der Waals surface area contributed by atoms with Gasteiger partial charge in [-0.25, -0.2) is 4.39 Å².